The molecule has 2 aliphatic carbocycles. The van der Waals surface area contributed by atoms with Gasteiger partial charge in [0, 0.05) is 5.92 Å². The van der Waals surface area contributed by atoms with Crippen LogP contribution in [0, 0.1) is 23.2 Å². The van der Waals surface area contributed by atoms with Gasteiger partial charge in [0.2, 0.25) is 0 Å². The number of nitrogens with two attached hydrogens (primary N) is 1. The van der Waals surface area contributed by atoms with Crippen molar-refractivity contribution < 1.29 is 19.8 Å². The van der Waals surface area contributed by atoms with Crippen LogP contribution < -0.4 is 5.73 Å². The van der Waals surface area contributed by atoms with E-state index in [-0.39, 0.29) is 11.8 Å². The molecule has 2 bridgehead atoms. The maximum absolute atomic E-state index is 11.5. The van der Waals surface area contributed by atoms with Gasteiger partial charge >= 0.3 is 11.9 Å². The molecule has 0 aromatic rings. The zero-order chi connectivity index (χ0) is 12.3. The first-order valence-electron chi connectivity index (χ1n) is 5.53. The number of hydrogen-bond acceptors (Lipinski definition) is 3. The van der Waals surface area contributed by atoms with Crippen LogP contribution in [0.1, 0.15) is 26.7 Å². The topological polar surface area (TPSA) is 101 Å². The van der Waals surface area contributed by atoms with Gasteiger partial charge < -0.3 is 15.9 Å². The van der Waals surface area contributed by atoms with E-state index in [1.165, 1.54) is 0 Å². The minimum atomic E-state index is -1.37. The number of carboxylic acids is 2. The quantitative estimate of drug-likeness (QED) is 0.639. The molecule has 5 heteroatoms. The summed E-state index contributed by atoms with van der Waals surface area (Å²) in [6.45, 7) is 3.55. The van der Waals surface area contributed by atoms with E-state index in [0.717, 1.165) is 0 Å². The molecule has 0 amide bonds. The normalized spacial score (nSPS) is 50.6. The molecule has 5 atom stereocenters. The Kier molecular flexibility index (Phi) is 2.11. The molecule has 0 heterocycles. The van der Waals surface area contributed by atoms with Gasteiger partial charge in [-0.3, -0.25) is 9.59 Å². The molecular formula is C11H17NO4. The van der Waals surface area contributed by atoms with E-state index >= 15 is 0 Å². The van der Waals surface area contributed by atoms with Crippen LogP contribution in [-0.4, -0.2) is 27.7 Å². The second-order valence-electron chi connectivity index (χ2n) is 5.34. The molecule has 0 saturated heterocycles. The molecule has 90 valence electrons. The number of hydrogen-bond donors (Lipinski definition) is 3. The average molecular weight is 227 g/mol. The number of aliphatic carboxylic acids is 2. The van der Waals surface area contributed by atoms with Crippen molar-refractivity contribution >= 4 is 11.9 Å². The minimum absolute atomic E-state index is 0.000949. The Morgan fingerprint density at radius 2 is 1.81 bits per heavy atom. The van der Waals surface area contributed by atoms with Gasteiger partial charge in [-0.05, 0) is 24.7 Å². The molecule has 5 unspecified atom stereocenters. The van der Waals surface area contributed by atoms with E-state index < -0.39 is 28.8 Å². The first kappa shape index (κ1) is 11.4. The lowest BCUT2D eigenvalue weighted by molar-refractivity contribution is -0.159. The molecule has 0 aromatic heterocycles. The Labute approximate surface area is 93.6 Å². The van der Waals surface area contributed by atoms with Crippen LogP contribution >= 0.6 is 0 Å². The second-order valence-corrected chi connectivity index (χ2v) is 5.34. The molecule has 0 aromatic carbocycles. The molecule has 0 radical (unpaired) electrons. The largest absolute Gasteiger partial charge is 0.481 e. The predicted octanol–water partition coefficient (Wildman–Crippen LogP) is 0.535. The van der Waals surface area contributed by atoms with Crippen LogP contribution in [0.3, 0.4) is 0 Å². The molecule has 16 heavy (non-hydrogen) atoms. The Hall–Kier alpha value is -1.10. The van der Waals surface area contributed by atoms with Crippen LogP contribution in [0.15, 0.2) is 0 Å². The average Bonchev–Trinajstić information content (AvgIpc) is 2.63. The Morgan fingerprint density at radius 3 is 2.19 bits per heavy atom. The first-order chi connectivity index (χ1) is 7.27. The van der Waals surface area contributed by atoms with Crippen molar-refractivity contribution in [3.8, 4) is 0 Å². The standard InChI is InChI=1S/C11H17NO4/c1-5-3-7-4-10(5,8(13)14)6(2)11(7,12)9(15)16/h5-7H,3-4,12H2,1-2H3,(H,13,14)(H,15,16). The molecule has 4 N–H and O–H groups in total. The van der Waals surface area contributed by atoms with Gasteiger partial charge in [0.05, 0.1) is 5.41 Å². The lowest BCUT2D eigenvalue weighted by Crippen LogP contribution is -2.61. The highest BCUT2D eigenvalue weighted by Crippen LogP contribution is 2.64. The highest BCUT2D eigenvalue weighted by Gasteiger charge is 2.71. The molecule has 5 nitrogen and oxygen atoms in total. The van der Waals surface area contributed by atoms with Crippen molar-refractivity contribution in [2.24, 2.45) is 28.9 Å². The molecular weight excluding hydrogens is 210 g/mol. The smallest absolute Gasteiger partial charge is 0.324 e. The van der Waals surface area contributed by atoms with Crippen LogP contribution in [0.4, 0.5) is 0 Å². The molecule has 0 aliphatic heterocycles. The van der Waals surface area contributed by atoms with Gasteiger partial charge in [-0.15, -0.1) is 0 Å². The summed E-state index contributed by atoms with van der Waals surface area (Å²) < 4.78 is 0. The van der Waals surface area contributed by atoms with Crippen LogP contribution in [0.5, 0.6) is 0 Å². The van der Waals surface area contributed by atoms with Gasteiger partial charge in [0.1, 0.15) is 5.54 Å². The maximum atomic E-state index is 11.5. The van der Waals surface area contributed by atoms with E-state index in [9.17, 15) is 19.8 Å². The fourth-order valence-electron chi connectivity index (χ4n) is 3.92. The van der Waals surface area contributed by atoms with Gasteiger partial charge in [0.15, 0.2) is 0 Å². The van der Waals surface area contributed by atoms with E-state index in [4.69, 9.17) is 5.73 Å². The first-order valence-corrected chi connectivity index (χ1v) is 5.53. The zero-order valence-corrected chi connectivity index (χ0v) is 9.43. The summed E-state index contributed by atoms with van der Waals surface area (Å²) in [7, 11) is 0. The van der Waals surface area contributed by atoms with E-state index in [2.05, 4.69) is 0 Å². The fourth-order valence-corrected chi connectivity index (χ4v) is 3.92. The molecule has 0 spiro atoms. The fraction of sp³-hybridized carbons (Fsp3) is 0.818. The van der Waals surface area contributed by atoms with Crippen LogP contribution in [-0.2, 0) is 9.59 Å². The highest BCUT2D eigenvalue weighted by atomic mass is 16.4. The number of fused-ring (bicyclic) bond motifs is 2. The van der Waals surface area contributed by atoms with Gasteiger partial charge in [0.25, 0.3) is 0 Å². The summed E-state index contributed by atoms with van der Waals surface area (Å²) in [5, 5.41) is 18.6. The molecule has 2 rings (SSSR count). The summed E-state index contributed by atoms with van der Waals surface area (Å²) in [5.41, 5.74) is 3.64. The Morgan fingerprint density at radius 1 is 1.25 bits per heavy atom. The molecule has 2 fully saturated rings. The van der Waals surface area contributed by atoms with Gasteiger partial charge in [-0.1, -0.05) is 13.8 Å². The summed E-state index contributed by atoms with van der Waals surface area (Å²) in [5.74, 6) is -2.71. The lowest BCUT2D eigenvalue weighted by Gasteiger charge is -2.42. The zero-order valence-electron chi connectivity index (χ0n) is 9.43. The number of rotatable bonds is 2. The van der Waals surface area contributed by atoms with Crippen molar-refractivity contribution in [1.29, 1.82) is 0 Å². The van der Waals surface area contributed by atoms with E-state index in [1.54, 1.807) is 6.92 Å². The van der Waals surface area contributed by atoms with Gasteiger partial charge in [-0.25, -0.2) is 0 Å². The van der Waals surface area contributed by atoms with Gasteiger partial charge in [-0.2, -0.15) is 0 Å². The third kappa shape index (κ3) is 0.948. The SMILES string of the molecule is CC1CC2CC1(C(=O)O)C(C)C2(N)C(=O)O. The Bertz CT molecular complexity index is 369. The lowest BCUT2D eigenvalue weighted by atomic mass is 9.63. The van der Waals surface area contributed by atoms with Crippen LogP contribution in [0.25, 0.3) is 0 Å². The summed E-state index contributed by atoms with van der Waals surface area (Å²) in [4.78, 5) is 22.7. The summed E-state index contributed by atoms with van der Waals surface area (Å²) in [6, 6.07) is 0. The highest BCUT2D eigenvalue weighted by molar-refractivity contribution is 5.86. The number of carbonyl (C=O) groups is 2. The van der Waals surface area contributed by atoms with Crippen molar-refractivity contribution in [2.45, 2.75) is 32.2 Å². The van der Waals surface area contributed by atoms with E-state index in [0.29, 0.717) is 12.8 Å². The van der Waals surface area contributed by atoms with E-state index in [1.807, 2.05) is 6.92 Å². The maximum Gasteiger partial charge on any atom is 0.324 e. The third-order valence-electron chi connectivity index (χ3n) is 5.03. The Balaban J connectivity index is 2.50. The molecule has 2 saturated carbocycles. The van der Waals surface area contributed by atoms with Crippen LogP contribution in [0.2, 0.25) is 0 Å². The minimum Gasteiger partial charge on any atom is -0.481 e. The van der Waals surface area contributed by atoms with Crippen molar-refractivity contribution in [1.82, 2.24) is 0 Å². The second kappa shape index (κ2) is 2.97. The van der Waals surface area contributed by atoms with Crippen molar-refractivity contribution in [2.75, 3.05) is 0 Å². The third-order valence-corrected chi connectivity index (χ3v) is 5.03. The monoisotopic (exact) mass is 227 g/mol. The predicted molar refractivity (Wildman–Crippen MR) is 55.7 cm³/mol. The van der Waals surface area contributed by atoms with Crippen molar-refractivity contribution in [3.63, 3.8) is 0 Å². The van der Waals surface area contributed by atoms with Crippen molar-refractivity contribution in [3.05, 3.63) is 0 Å². The number of carboxylic acid groups (broad SMARTS) is 2. The summed E-state index contributed by atoms with van der Waals surface area (Å²) >= 11 is 0. The molecule has 2 aliphatic rings. The summed E-state index contributed by atoms with van der Waals surface area (Å²) in [6.07, 6.45) is 0.993.